The highest BCUT2D eigenvalue weighted by Gasteiger charge is 2.28. The van der Waals surface area contributed by atoms with Gasteiger partial charge in [-0.3, -0.25) is 0 Å². The maximum Gasteiger partial charge on any atom is 0.341 e. The molecule has 42 heavy (non-hydrogen) atoms. The lowest BCUT2D eigenvalue weighted by atomic mass is 10.0. The smallest absolute Gasteiger partial charge is 0.341 e. The number of halogens is 1. The molecule has 4 aromatic carbocycles. The van der Waals surface area contributed by atoms with E-state index in [-0.39, 0.29) is 45.8 Å². The van der Waals surface area contributed by atoms with Crippen molar-refractivity contribution in [1.82, 2.24) is 4.31 Å². The fourth-order valence-electron chi connectivity index (χ4n) is 4.19. The Labute approximate surface area is 247 Å². The highest BCUT2D eigenvalue weighted by molar-refractivity contribution is 7.89. The van der Waals surface area contributed by atoms with Crippen LogP contribution < -0.4 is 9.47 Å². The molecule has 0 aromatic heterocycles. The molecule has 0 fully saturated rings. The van der Waals surface area contributed by atoms with Gasteiger partial charge in [-0.05, 0) is 58.7 Å². The summed E-state index contributed by atoms with van der Waals surface area (Å²) >= 11 is 6.29. The summed E-state index contributed by atoms with van der Waals surface area (Å²) in [5.74, 6) is -2.44. The summed E-state index contributed by atoms with van der Waals surface area (Å²) in [5, 5.41) is 28.1. The van der Waals surface area contributed by atoms with E-state index < -0.39 is 28.6 Å². The highest BCUT2D eigenvalue weighted by atomic mass is 35.5. The summed E-state index contributed by atoms with van der Waals surface area (Å²) in [5.41, 5.74) is 2.17. The van der Waals surface area contributed by atoms with E-state index in [0.717, 1.165) is 0 Å². The van der Waals surface area contributed by atoms with Crippen LogP contribution in [0.5, 0.6) is 17.2 Å². The van der Waals surface area contributed by atoms with E-state index in [1.54, 1.807) is 54.6 Å². The second kappa shape index (κ2) is 12.9. The molecule has 0 amide bonds. The Morgan fingerprint density at radius 2 is 1.48 bits per heavy atom. The predicted molar refractivity (Wildman–Crippen MR) is 155 cm³/mol. The number of para-hydroxylation sites is 1. The second-order valence-electron chi connectivity index (χ2n) is 9.11. The molecule has 0 aliphatic heterocycles. The number of sulfonamides is 1. The monoisotopic (exact) mass is 611 g/mol. The molecule has 0 aliphatic carbocycles. The van der Waals surface area contributed by atoms with Crippen molar-refractivity contribution >= 4 is 33.6 Å². The molecule has 12 heteroatoms. The third kappa shape index (κ3) is 7.00. The molecule has 4 rings (SSSR count). The number of nitrogens with zero attached hydrogens (tertiary/aromatic N) is 1. The van der Waals surface area contributed by atoms with Gasteiger partial charge in [0.1, 0.15) is 27.7 Å². The molecule has 0 radical (unpaired) electrons. The minimum atomic E-state index is -4.10. The standard InChI is InChI=1S/C30H26ClNO9S/c1-40-27-4-2-3-5-28(27)42(38,39)32(17-20-8-13-26(24(31)14-20)41-18-29(34)35)16-19-6-9-21(10-7-19)22-11-12-25(33)23(15-22)30(36)37/h2-15,33H,16-18H2,1H3,(H,34,35)(H,36,37). The van der Waals surface area contributed by atoms with Crippen LogP contribution in [0.3, 0.4) is 0 Å². The van der Waals surface area contributed by atoms with Gasteiger partial charge in [-0.1, -0.05) is 60.1 Å². The van der Waals surface area contributed by atoms with Crippen LogP contribution in [0.4, 0.5) is 0 Å². The number of carboxylic acid groups (broad SMARTS) is 2. The van der Waals surface area contributed by atoms with E-state index in [2.05, 4.69) is 0 Å². The quantitative estimate of drug-likeness (QED) is 0.194. The van der Waals surface area contributed by atoms with Crippen molar-refractivity contribution in [1.29, 1.82) is 0 Å². The van der Waals surface area contributed by atoms with Crippen molar-refractivity contribution in [3.63, 3.8) is 0 Å². The lowest BCUT2D eigenvalue weighted by molar-refractivity contribution is -0.139. The molecule has 218 valence electrons. The number of rotatable bonds is 12. The Bertz CT molecular complexity index is 1720. The average Bonchev–Trinajstić information content (AvgIpc) is 2.96. The first kappa shape index (κ1) is 30.4. The Morgan fingerprint density at radius 3 is 2.12 bits per heavy atom. The number of aliphatic carboxylic acids is 1. The number of methoxy groups -OCH3 is 1. The summed E-state index contributed by atoms with van der Waals surface area (Å²) in [7, 11) is -2.72. The minimum absolute atomic E-state index is 0.0260. The van der Waals surface area contributed by atoms with Gasteiger partial charge in [-0.2, -0.15) is 4.31 Å². The normalized spacial score (nSPS) is 11.3. The van der Waals surface area contributed by atoms with E-state index in [0.29, 0.717) is 22.3 Å². The van der Waals surface area contributed by atoms with Gasteiger partial charge < -0.3 is 24.8 Å². The van der Waals surface area contributed by atoms with Gasteiger partial charge in [0.2, 0.25) is 10.0 Å². The molecule has 0 heterocycles. The van der Waals surface area contributed by atoms with Crippen LogP contribution in [0.15, 0.2) is 89.8 Å². The molecule has 10 nitrogen and oxygen atoms in total. The van der Waals surface area contributed by atoms with Gasteiger partial charge in [0, 0.05) is 13.1 Å². The summed E-state index contributed by atoms with van der Waals surface area (Å²) in [6.45, 7) is -0.697. The maximum atomic E-state index is 13.9. The van der Waals surface area contributed by atoms with E-state index >= 15 is 0 Å². The number of phenols is 1. The third-order valence-electron chi connectivity index (χ3n) is 6.27. The van der Waals surface area contributed by atoms with Crippen molar-refractivity contribution < 1.29 is 42.8 Å². The van der Waals surface area contributed by atoms with Crippen LogP contribution >= 0.6 is 11.6 Å². The fraction of sp³-hybridized carbons (Fsp3) is 0.133. The number of benzene rings is 4. The first-order chi connectivity index (χ1) is 20.0. The minimum Gasteiger partial charge on any atom is -0.507 e. The summed E-state index contributed by atoms with van der Waals surface area (Å²) < 4.78 is 39.6. The van der Waals surface area contributed by atoms with Crippen molar-refractivity contribution in [2.24, 2.45) is 0 Å². The van der Waals surface area contributed by atoms with Gasteiger partial charge >= 0.3 is 11.9 Å². The zero-order valence-electron chi connectivity index (χ0n) is 22.2. The molecule has 0 atom stereocenters. The molecular weight excluding hydrogens is 586 g/mol. The van der Waals surface area contributed by atoms with E-state index in [1.807, 2.05) is 0 Å². The Morgan fingerprint density at radius 1 is 0.833 bits per heavy atom. The number of aromatic carboxylic acids is 1. The van der Waals surface area contributed by atoms with Crippen LogP contribution in [-0.4, -0.2) is 53.7 Å². The van der Waals surface area contributed by atoms with Gasteiger partial charge in [-0.15, -0.1) is 0 Å². The topological polar surface area (TPSA) is 151 Å². The number of aromatic hydroxyl groups is 1. The predicted octanol–water partition coefficient (Wildman–Crippen LogP) is 5.27. The van der Waals surface area contributed by atoms with E-state index in [9.17, 15) is 28.2 Å². The summed E-state index contributed by atoms with van der Waals surface area (Å²) in [6.07, 6.45) is 0. The molecule has 0 spiro atoms. The Hall–Kier alpha value is -4.58. The molecular formula is C30H26ClNO9S. The van der Waals surface area contributed by atoms with Crippen molar-refractivity contribution in [3.8, 4) is 28.4 Å². The molecule has 0 unspecified atom stereocenters. The molecule has 0 aliphatic rings. The van der Waals surface area contributed by atoms with Crippen molar-refractivity contribution in [3.05, 3.63) is 107 Å². The van der Waals surface area contributed by atoms with Crippen molar-refractivity contribution in [2.45, 2.75) is 18.0 Å². The van der Waals surface area contributed by atoms with Gasteiger partial charge in [-0.25, -0.2) is 18.0 Å². The maximum absolute atomic E-state index is 13.9. The third-order valence-corrected chi connectivity index (χ3v) is 8.39. The summed E-state index contributed by atoms with van der Waals surface area (Å²) in [4.78, 5) is 22.2. The fourth-order valence-corrected chi connectivity index (χ4v) is 6.02. The highest BCUT2D eigenvalue weighted by Crippen LogP contribution is 2.32. The first-order valence-corrected chi connectivity index (χ1v) is 14.2. The molecule has 0 saturated heterocycles. The Balaban J connectivity index is 1.67. The Kier molecular flexibility index (Phi) is 9.36. The van der Waals surface area contributed by atoms with E-state index in [4.69, 9.17) is 26.2 Å². The van der Waals surface area contributed by atoms with Crippen LogP contribution in [0, 0.1) is 0 Å². The molecule has 0 bridgehead atoms. The molecule has 0 saturated carbocycles. The number of carbonyl (C=O) groups is 2. The SMILES string of the molecule is COc1ccccc1S(=O)(=O)N(Cc1ccc(-c2ccc(O)c(C(=O)O)c2)cc1)Cc1ccc(OCC(=O)O)c(Cl)c1. The van der Waals surface area contributed by atoms with Gasteiger partial charge in [0.05, 0.1) is 12.1 Å². The first-order valence-electron chi connectivity index (χ1n) is 12.4. The number of ether oxygens (including phenoxy) is 2. The summed E-state index contributed by atoms with van der Waals surface area (Å²) in [6, 6.07) is 22.0. The van der Waals surface area contributed by atoms with Crippen LogP contribution in [0.25, 0.3) is 11.1 Å². The van der Waals surface area contributed by atoms with Gasteiger partial charge in [0.15, 0.2) is 6.61 Å². The van der Waals surface area contributed by atoms with Crippen LogP contribution in [-0.2, 0) is 27.9 Å². The van der Waals surface area contributed by atoms with Crippen LogP contribution in [0.1, 0.15) is 21.5 Å². The lowest BCUT2D eigenvalue weighted by Gasteiger charge is -2.24. The second-order valence-corrected chi connectivity index (χ2v) is 11.4. The zero-order chi connectivity index (χ0) is 30.4. The molecule has 4 aromatic rings. The van der Waals surface area contributed by atoms with E-state index in [1.165, 1.54) is 41.7 Å². The van der Waals surface area contributed by atoms with Crippen LogP contribution in [0.2, 0.25) is 5.02 Å². The largest absolute Gasteiger partial charge is 0.507 e. The molecule has 3 N–H and O–H groups in total. The lowest BCUT2D eigenvalue weighted by Crippen LogP contribution is -2.30. The number of carboxylic acids is 2. The average molecular weight is 612 g/mol. The number of hydrogen-bond donors (Lipinski definition) is 3. The van der Waals surface area contributed by atoms with Gasteiger partial charge in [0.25, 0.3) is 0 Å². The van der Waals surface area contributed by atoms with Crippen molar-refractivity contribution in [2.75, 3.05) is 13.7 Å². The zero-order valence-corrected chi connectivity index (χ0v) is 23.8. The number of hydrogen-bond acceptors (Lipinski definition) is 7.